The highest BCUT2D eigenvalue weighted by atomic mass is 19.1. The molecule has 3 heterocycles. The van der Waals surface area contributed by atoms with Crippen molar-refractivity contribution in [1.82, 2.24) is 14.5 Å². The first-order valence-corrected chi connectivity index (χ1v) is 9.81. The molecule has 0 unspecified atom stereocenters. The van der Waals surface area contributed by atoms with Gasteiger partial charge in [0.15, 0.2) is 11.6 Å². The monoisotopic (exact) mass is 441 g/mol. The number of ether oxygens (including phenoxy) is 1. The van der Waals surface area contributed by atoms with Crippen LogP contribution in [0, 0.1) is 32.4 Å². The summed E-state index contributed by atoms with van der Waals surface area (Å²) in [4.78, 5) is 32.4. The molecule has 3 aromatic heterocycles. The van der Waals surface area contributed by atoms with Crippen molar-refractivity contribution >= 4 is 5.78 Å². The van der Waals surface area contributed by atoms with Crippen LogP contribution in [0.1, 0.15) is 46.9 Å². The Labute approximate surface area is 185 Å². The third-order valence-corrected chi connectivity index (χ3v) is 4.51. The maximum atomic E-state index is 13.8. The van der Waals surface area contributed by atoms with E-state index in [1.54, 1.807) is 45.2 Å². The van der Waals surface area contributed by atoms with Crippen molar-refractivity contribution in [3.63, 3.8) is 0 Å². The lowest BCUT2D eigenvalue weighted by Crippen LogP contribution is -2.24. The summed E-state index contributed by atoms with van der Waals surface area (Å²) in [5, 5.41) is 0. The van der Waals surface area contributed by atoms with E-state index in [4.69, 9.17) is 4.74 Å². The molecule has 6 nitrogen and oxygen atoms in total. The molecule has 168 valence electrons. The number of pyridine rings is 3. The molecule has 3 rings (SSSR count). The molecule has 0 saturated carbocycles. The zero-order valence-corrected chi connectivity index (χ0v) is 18.7. The molecule has 0 aliphatic carbocycles. The Bertz CT molecular complexity index is 1220. The predicted molar refractivity (Wildman–Crippen MR) is 118 cm³/mol. The SMILES string of the molecule is C=CC.CC(=O)c1cc(-n2c(C)cc(OCc3ncc(F)cc3F)c(C)c2=O)c(C)cn1. The average Bonchev–Trinajstić information content (AvgIpc) is 2.72. The van der Waals surface area contributed by atoms with Gasteiger partial charge in [-0.2, -0.15) is 0 Å². The molecule has 0 aliphatic heterocycles. The van der Waals surface area contributed by atoms with Crippen LogP contribution in [0.15, 0.2) is 48.0 Å². The summed E-state index contributed by atoms with van der Waals surface area (Å²) in [6.07, 6.45) is 4.19. The lowest BCUT2D eigenvalue weighted by atomic mass is 10.1. The number of rotatable bonds is 5. The summed E-state index contributed by atoms with van der Waals surface area (Å²) in [6, 6.07) is 3.94. The number of nitrogens with zero attached hydrogens (tertiary/aromatic N) is 3. The van der Waals surface area contributed by atoms with Crippen LogP contribution >= 0.6 is 0 Å². The van der Waals surface area contributed by atoms with E-state index in [1.165, 1.54) is 11.5 Å². The van der Waals surface area contributed by atoms with Gasteiger partial charge in [0, 0.05) is 30.9 Å². The number of aromatic nitrogens is 3. The van der Waals surface area contributed by atoms with E-state index in [9.17, 15) is 18.4 Å². The first kappa shape index (κ1) is 24.6. The number of hydrogen-bond acceptors (Lipinski definition) is 5. The number of aryl methyl sites for hydroxylation is 2. The summed E-state index contributed by atoms with van der Waals surface area (Å²) in [5.74, 6) is -1.54. The highest BCUT2D eigenvalue weighted by molar-refractivity contribution is 5.92. The van der Waals surface area contributed by atoms with Gasteiger partial charge in [0.2, 0.25) is 0 Å². The molecule has 8 heteroatoms. The van der Waals surface area contributed by atoms with Crippen LogP contribution in [0.25, 0.3) is 5.69 Å². The normalized spacial score (nSPS) is 10.2. The molecule has 32 heavy (non-hydrogen) atoms. The Balaban J connectivity index is 0.00000114. The van der Waals surface area contributed by atoms with Crippen molar-refractivity contribution in [2.75, 3.05) is 0 Å². The zero-order valence-electron chi connectivity index (χ0n) is 18.7. The van der Waals surface area contributed by atoms with Gasteiger partial charge in [0.1, 0.15) is 29.6 Å². The fraction of sp³-hybridized carbons (Fsp3) is 0.250. The topological polar surface area (TPSA) is 74.1 Å². The van der Waals surface area contributed by atoms with Crippen LogP contribution in [0.4, 0.5) is 8.78 Å². The van der Waals surface area contributed by atoms with Crippen LogP contribution < -0.4 is 10.3 Å². The van der Waals surface area contributed by atoms with E-state index >= 15 is 0 Å². The van der Waals surface area contributed by atoms with Crippen molar-refractivity contribution in [2.45, 2.75) is 41.2 Å². The maximum absolute atomic E-state index is 13.8. The van der Waals surface area contributed by atoms with Crippen LogP contribution in [-0.2, 0) is 6.61 Å². The number of Topliss-reactive ketones (excluding diaryl/α,β-unsaturated/α-hetero) is 1. The Hall–Kier alpha value is -3.68. The number of carbonyl (C=O) groups is 1. The Morgan fingerprint density at radius 3 is 2.41 bits per heavy atom. The van der Waals surface area contributed by atoms with E-state index in [-0.39, 0.29) is 35.1 Å². The summed E-state index contributed by atoms with van der Waals surface area (Å²) in [5.41, 5.74) is 2.00. The molecule has 0 atom stereocenters. The van der Waals surface area contributed by atoms with Crippen molar-refractivity contribution in [1.29, 1.82) is 0 Å². The van der Waals surface area contributed by atoms with Crippen LogP contribution in [-0.4, -0.2) is 20.3 Å². The molecular weight excluding hydrogens is 416 g/mol. The third kappa shape index (κ3) is 5.51. The molecule has 3 aromatic rings. The number of halogens is 2. The minimum Gasteiger partial charge on any atom is -0.487 e. The zero-order chi connectivity index (χ0) is 24.0. The van der Waals surface area contributed by atoms with Crippen LogP contribution in [0.2, 0.25) is 0 Å². The van der Waals surface area contributed by atoms with Gasteiger partial charge in [0.25, 0.3) is 5.56 Å². The summed E-state index contributed by atoms with van der Waals surface area (Å²) >= 11 is 0. The Morgan fingerprint density at radius 2 is 1.81 bits per heavy atom. The van der Waals surface area contributed by atoms with Crippen LogP contribution in [0.3, 0.4) is 0 Å². The van der Waals surface area contributed by atoms with Gasteiger partial charge < -0.3 is 4.74 Å². The maximum Gasteiger partial charge on any atom is 0.261 e. The fourth-order valence-corrected chi connectivity index (χ4v) is 2.89. The molecule has 0 aliphatic rings. The first-order valence-electron chi connectivity index (χ1n) is 9.81. The molecule has 0 N–H and O–H groups in total. The standard InChI is InChI=1S/C21H19F2N3O3.C3H6/c1-11-8-24-17(14(4)27)7-19(11)26-12(2)5-20(13(3)21(26)28)29-10-18-16(23)6-15(22)9-25-18;1-3-2/h5-9H,10H2,1-4H3;3H,1H2,2H3. The van der Waals surface area contributed by atoms with Gasteiger partial charge in [-0.15, -0.1) is 6.58 Å². The predicted octanol–water partition coefficient (Wildman–Crippen LogP) is 4.80. The minimum atomic E-state index is -0.822. The second-order valence-corrected chi connectivity index (χ2v) is 7.11. The van der Waals surface area contributed by atoms with Gasteiger partial charge in [0.05, 0.1) is 17.4 Å². The first-order chi connectivity index (χ1) is 15.1. The van der Waals surface area contributed by atoms with Gasteiger partial charge in [-0.3, -0.25) is 24.1 Å². The second-order valence-electron chi connectivity index (χ2n) is 7.11. The van der Waals surface area contributed by atoms with E-state index in [2.05, 4.69) is 16.5 Å². The quantitative estimate of drug-likeness (QED) is 0.420. The van der Waals surface area contributed by atoms with Crippen molar-refractivity contribution in [2.24, 2.45) is 0 Å². The molecule has 0 spiro atoms. The van der Waals surface area contributed by atoms with E-state index < -0.39 is 11.6 Å². The highest BCUT2D eigenvalue weighted by Crippen LogP contribution is 2.22. The molecule has 0 fully saturated rings. The molecule has 0 amide bonds. The van der Waals surface area contributed by atoms with Gasteiger partial charge >= 0.3 is 0 Å². The molecule has 0 bridgehead atoms. The molecule has 0 aromatic carbocycles. The molecule has 0 radical (unpaired) electrons. The summed E-state index contributed by atoms with van der Waals surface area (Å²) in [6.45, 7) is 11.5. The van der Waals surface area contributed by atoms with Gasteiger partial charge in [-0.1, -0.05) is 6.08 Å². The number of hydrogen-bond donors (Lipinski definition) is 0. The van der Waals surface area contributed by atoms with Crippen molar-refractivity contribution in [3.8, 4) is 11.4 Å². The largest absolute Gasteiger partial charge is 0.487 e. The Kier molecular flexibility index (Phi) is 8.12. The minimum absolute atomic E-state index is 0.0660. The molecule has 0 saturated heterocycles. The van der Waals surface area contributed by atoms with E-state index in [0.717, 1.165) is 17.8 Å². The number of carbonyl (C=O) groups excluding carboxylic acids is 1. The van der Waals surface area contributed by atoms with Gasteiger partial charge in [-0.05, 0) is 39.3 Å². The smallest absolute Gasteiger partial charge is 0.261 e. The number of allylic oxidation sites excluding steroid dienone is 1. The lowest BCUT2D eigenvalue weighted by Gasteiger charge is -2.17. The second kappa shape index (κ2) is 10.6. The fourth-order valence-electron chi connectivity index (χ4n) is 2.89. The Morgan fingerprint density at radius 1 is 1.16 bits per heavy atom. The highest BCUT2D eigenvalue weighted by Gasteiger charge is 2.16. The van der Waals surface area contributed by atoms with E-state index in [0.29, 0.717) is 16.9 Å². The van der Waals surface area contributed by atoms with Crippen molar-refractivity contribution in [3.05, 3.63) is 93.4 Å². The lowest BCUT2D eigenvalue weighted by molar-refractivity contribution is 0.101. The molecular formula is C24H25F2N3O3. The van der Waals surface area contributed by atoms with E-state index in [1.807, 2.05) is 6.92 Å². The number of ketones is 1. The van der Waals surface area contributed by atoms with Crippen LogP contribution in [0.5, 0.6) is 5.75 Å². The van der Waals surface area contributed by atoms with Crippen molar-refractivity contribution < 1.29 is 18.3 Å². The summed E-state index contributed by atoms with van der Waals surface area (Å²) in [7, 11) is 0. The third-order valence-electron chi connectivity index (χ3n) is 4.51. The van der Waals surface area contributed by atoms with Gasteiger partial charge in [-0.25, -0.2) is 8.78 Å². The summed E-state index contributed by atoms with van der Waals surface area (Å²) < 4.78 is 33.8. The average molecular weight is 441 g/mol.